The standard InChI is InChI=1S/C15H16N2/c1-15(2,3)11-7-8-12-13(10-11)17-9-5-4-6-14(17)16-12/h4-10H,1-3H3. The Balaban J connectivity index is 2.38. The zero-order valence-corrected chi connectivity index (χ0v) is 10.4. The van der Waals surface area contributed by atoms with Gasteiger partial charge in [-0.1, -0.05) is 32.9 Å². The molecule has 1 aromatic carbocycles. The van der Waals surface area contributed by atoms with E-state index in [1.54, 1.807) is 0 Å². The number of nitrogens with zero attached hydrogens (tertiary/aromatic N) is 2. The predicted octanol–water partition coefficient (Wildman–Crippen LogP) is 3.79. The summed E-state index contributed by atoms with van der Waals surface area (Å²) in [7, 11) is 0. The van der Waals surface area contributed by atoms with Gasteiger partial charge in [0.2, 0.25) is 0 Å². The van der Waals surface area contributed by atoms with Gasteiger partial charge in [-0.3, -0.25) is 4.40 Å². The molecule has 0 atom stereocenters. The van der Waals surface area contributed by atoms with E-state index < -0.39 is 0 Å². The number of hydrogen-bond acceptors (Lipinski definition) is 1. The van der Waals surface area contributed by atoms with Gasteiger partial charge in [-0.15, -0.1) is 0 Å². The molecule has 17 heavy (non-hydrogen) atoms. The van der Waals surface area contributed by atoms with E-state index in [0.717, 1.165) is 11.2 Å². The lowest BCUT2D eigenvalue weighted by molar-refractivity contribution is 0.591. The van der Waals surface area contributed by atoms with Gasteiger partial charge in [0.15, 0.2) is 0 Å². The number of benzene rings is 1. The SMILES string of the molecule is CC(C)(C)c1ccc2nc3ccccn3c2c1. The molecule has 2 aromatic heterocycles. The molecule has 0 saturated heterocycles. The molecule has 0 saturated carbocycles. The predicted molar refractivity (Wildman–Crippen MR) is 71.4 cm³/mol. The lowest BCUT2D eigenvalue weighted by atomic mass is 9.87. The van der Waals surface area contributed by atoms with Crippen LogP contribution >= 0.6 is 0 Å². The Morgan fingerprint density at radius 1 is 1.06 bits per heavy atom. The van der Waals surface area contributed by atoms with E-state index in [1.165, 1.54) is 11.1 Å². The molecular weight excluding hydrogens is 208 g/mol. The number of fused-ring (bicyclic) bond motifs is 3. The van der Waals surface area contributed by atoms with Crippen molar-refractivity contribution in [1.82, 2.24) is 9.38 Å². The molecule has 0 fully saturated rings. The average molecular weight is 224 g/mol. The van der Waals surface area contributed by atoms with Crippen LogP contribution in [0.3, 0.4) is 0 Å². The van der Waals surface area contributed by atoms with Gasteiger partial charge in [-0.2, -0.15) is 0 Å². The van der Waals surface area contributed by atoms with Gasteiger partial charge in [-0.25, -0.2) is 4.98 Å². The highest BCUT2D eigenvalue weighted by Gasteiger charge is 2.15. The Bertz CT molecular complexity index is 687. The molecule has 3 rings (SSSR count). The number of imidazole rings is 1. The van der Waals surface area contributed by atoms with Gasteiger partial charge in [0, 0.05) is 6.20 Å². The first-order valence-electron chi connectivity index (χ1n) is 5.93. The van der Waals surface area contributed by atoms with E-state index in [9.17, 15) is 0 Å². The summed E-state index contributed by atoms with van der Waals surface area (Å²) in [6.45, 7) is 6.70. The van der Waals surface area contributed by atoms with Crippen LogP contribution in [0.2, 0.25) is 0 Å². The smallest absolute Gasteiger partial charge is 0.137 e. The summed E-state index contributed by atoms with van der Waals surface area (Å²) >= 11 is 0. The van der Waals surface area contributed by atoms with Crippen LogP contribution in [0.1, 0.15) is 26.3 Å². The van der Waals surface area contributed by atoms with Crippen molar-refractivity contribution in [2.24, 2.45) is 0 Å². The fraction of sp³-hybridized carbons (Fsp3) is 0.267. The molecular formula is C15H16N2. The van der Waals surface area contributed by atoms with E-state index in [4.69, 9.17) is 0 Å². The Labute approximate surface area is 101 Å². The number of rotatable bonds is 0. The second kappa shape index (κ2) is 3.33. The van der Waals surface area contributed by atoms with Crippen LogP contribution in [-0.4, -0.2) is 9.38 Å². The van der Waals surface area contributed by atoms with Crippen molar-refractivity contribution in [2.45, 2.75) is 26.2 Å². The minimum Gasteiger partial charge on any atom is -0.300 e. The van der Waals surface area contributed by atoms with E-state index in [0.29, 0.717) is 0 Å². The highest BCUT2D eigenvalue weighted by atomic mass is 15.0. The molecule has 0 aliphatic heterocycles. The maximum absolute atomic E-state index is 4.60. The minimum atomic E-state index is 0.174. The first-order chi connectivity index (χ1) is 8.05. The monoisotopic (exact) mass is 224 g/mol. The van der Waals surface area contributed by atoms with Crippen LogP contribution in [-0.2, 0) is 5.41 Å². The first-order valence-corrected chi connectivity index (χ1v) is 5.93. The van der Waals surface area contributed by atoms with Gasteiger partial charge in [0.1, 0.15) is 5.65 Å². The Kier molecular flexibility index (Phi) is 2.02. The lowest BCUT2D eigenvalue weighted by Crippen LogP contribution is -2.10. The van der Waals surface area contributed by atoms with Crippen LogP contribution in [0.25, 0.3) is 16.7 Å². The molecule has 0 unspecified atom stereocenters. The van der Waals surface area contributed by atoms with Crippen molar-refractivity contribution in [2.75, 3.05) is 0 Å². The normalized spacial score (nSPS) is 12.4. The summed E-state index contributed by atoms with van der Waals surface area (Å²) in [6.07, 6.45) is 2.07. The van der Waals surface area contributed by atoms with Crippen molar-refractivity contribution in [1.29, 1.82) is 0 Å². The second-order valence-corrected chi connectivity index (χ2v) is 5.49. The molecule has 0 radical (unpaired) electrons. The van der Waals surface area contributed by atoms with Crippen LogP contribution in [0.15, 0.2) is 42.6 Å². The summed E-state index contributed by atoms with van der Waals surface area (Å²) in [6, 6.07) is 12.6. The van der Waals surface area contributed by atoms with Crippen LogP contribution < -0.4 is 0 Å². The third-order valence-corrected chi connectivity index (χ3v) is 3.17. The Morgan fingerprint density at radius 2 is 1.88 bits per heavy atom. The maximum Gasteiger partial charge on any atom is 0.137 e. The van der Waals surface area contributed by atoms with Crippen molar-refractivity contribution in [3.05, 3.63) is 48.2 Å². The summed E-state index contributed by atoms with van der Waals surface area (Å²) in [5, 5.41) is 0. The van der Waals surface area contributed by atoms with E-state index in [2.05, 4.69) is 54.6 Å². The number of pyridine rings is 1. The van der Waals surface area contributed by atoms with Crippen molar-refractivity contribution in [3.63, 3.8) is 0 Å². The molecule has 0 aliphatic rings. The summed E-state index contributed by atoms with van der Waals surface area (Å²) < 4.78 is 2.14. The molecule has 86 valence electrons. The molecule has 2 nitrogen and oxygen atoms in total. The molecule has 0 spiro atoms. The number of aromatic nitrogens is 2. The van der Waals surface area contributed by atoms with Crippen LogP contribution in [0.5, 0.6) is 0 Å². The van der Waals surface area contributed by atoms with Gasteiger partial charge >= 0.3 is 0 Å². The van der Waals surface area contributed by atoms with Crippen molar-refractivity contribution in [3.8, 4) is 0 Å². The zero-order chi connectivity index (χ0) is 12.0. The Hall–Kier alpha value is -1.83. The molecule has 0 amide bonds. The third kappa shape index (κ3) is 1.60. The lowest BCUT2D eigenvalue weighted by Gasteiger charge is -2.18. The quantitative estimate of drug-likeness (QED) is 0.568. The molecule has 3 aromatic rings. The highest BCUT2D eigenvalue weighted by Crippen LogP contribution is 2.26. The van der Waals surface area contributed by atoms with Crippen molar-refractivity contribution < 1.29 is 0 Å². The number of hydrogen-bond donors (Lipinski definition) is 0. The molecule has 0 aliphatic carbocycles. The second-order valence-electron chi connectivity index (χ2n) is 5.49. The van der Waals surface area contributed by atoms with Gasteiger partial charge in [-0.05, 0) is 35.2 Å². The van der Waals surface area contributed by atoms with E-state index in [1.807, 2.05) is 18.2 Å². The summed E-state index contributed by atoms with van der Waals surface area (Å²) in [5.41, 5.74) is 4.77. The van der Waals surface area contributed by atoms with E-state index >= 15 is 0 Å². The molecule has 0 bridgehead atoms. The zero-order valence-electron chi connectivity index (χ0n) is 10.4. The summed E-state index contributed by atoms with van der Waals surface area (Å²) in [5.74, 6) is 0. The van der Waals surface area contributed by atoms with Gasteiger partial charge in [0.05, 0.1) is 11.0 Å². The largest absolute Gasteiger partial charge is 0.300 e. The Morgan fingerprint density at radius 3 is 2.65 bits per heavy atom. The fourth-order valence-electron chi connectivity index (χ4n) is 2.13. The minimum absolute atomic E-state index is 0.174. The average Bonchev–Trinajstić information content (AvgIpc) is 2.65. The topological polar surface area (TPSA) is 17.3 Å². The first kappa shape index (κ1) is 10.3. The highest BCUT2D eigenvalue weighted by molar-refractivity contribution is 5.81. The third-order valence-electron chi connectivity index (χ3n) is 3.17. The van der Waals surface area contributed by atoms with Crippen LogP contribution in [0.4, 0.5) is 0 Å². The van der Waals surface area contributed by atoms with E-state index in [-0.39, 0.29) is 5.41 Å². The van der Waals surface area contributed by atoms with Gasteiger partial charge < -0.3 is 0 Å². The molecule has 2 heteroatoms. The van der Waals surface area contributed by atoms with Gasteiger partial charge in [0.25, 0.3) is 0 Å². The molecule has 0 N–H and O–H groups in total. The molecule has 2 heterocycles. The fourth-order valence-corrected chi connectivity index (χ4v) is 2.13. The summed E-state index contributed by atoms with van der Waals surface area (Å²) in [4.78, 5) is 4.60. The van der Waals surface area contributed by atoms with Crippen molar-refractivity contribution >= 4 is 16.7 Å². The maximum atomic E-state index is 4.60. The van der Waals surface area contributed by atoms with Crippen LogP contribution in [0, 0.1) is 0 Å².